The number of guanidine groups is 1. The summed E-state index contributed by atoms with van der Waals surface area (Å²) in [7, 11) is 3.30. The minimum Gasteiger partial charge on any atom is -0.493 e. The number of rotatable bonds is 8. The molecule has 1 aromatic heterocycles. The van der Waals surface area contributed by atoms with Gasteiger partial charge >= 0.3 is 0 Å². The number of oxazole rings is 1. The molecule has 0 aliphatic carbocycles. The fourth-order valence-corrected chi connectivity index (χ4v) is 2.75. The number of aliphatic imine (C=N–C) groups is 1. The summed E-state index contributed by atoms with van der Waals surface area (Å²) in [5, 5.41) is 6.49. The fourth-order valence-electron chi connectivity index (χ4n) is 2.75. The second kappa shape index (κ2) is 12.5. The molecule has 1 heterocycles. The van der Waals surface area contributed by atoms with Crippen molar-refractivity contribution < 1.29 is 13.9 Å². The molecular weight excluding hydrogens is 507 g/mol. The first-order valence-corrected chi connectivity index (χ1v) is 9.41. The third-order valence-electron chi connectivity index (χ3n) is 4.23. The average molecular weight is 532 g/mol. The molecule has 0 unspecified atom stereocenters. The molecule has 31 heavy (non-hydrogen) atoms. The van der Waals surface area contributed by atoms with Crippen molar-refractivity contribution in [1.82, 2.24) is 15.6 Å². The number of methoxy groups -OCH3 is 1. The number of nitrogens with zero attached hydrogens (tertiary/aromatic N) is 2. The molecule has 0 saturated heterocycles. The zero-order valence-corrected chi connectivity index (χ0v) is 19.8. The van der Waals surface area contributed by atoms with Gasteiger partial charge in [0.2, 0.25) is 5.89 Å². The van der Waals surface area contributed by atoms with Crippen molar-refractivity contribution in [3.05, 3.63) is 66.1 Å². The van der Waals surface area contributed by atoms with Crippen LogP contribution in [0.4, 0.5) is 0 Å². The van der Waals surface area contributed by atoms with Crippen LogP contribution in [0.15, 0.2) is 64.2 Å². The van der Waals surface area contributed by atoms with Crippen LogP contribution in [0.5, 0.6) is 11.5 Å². The molecule has 0 fully saturated rings. The molecule has 8 heteroatoms. The van der Waals surface area contributed by atoms with Gasteiger partial charge in [0, 0.05) is 19.2 Å². The van der Waals surface area contributed by atoms with Gasteiger partial charge in [0.15, 0.2) is 17.5 Å². The summed E-state index contributed by atoms with van der Waals surface area (Å²) in [5.41, 5.74) is 2.72. The first kappa shape index (κ1) is 24.1. The highest BCUT2D eigenvalue weighted by Gasteiger charge is 2.08. The standard InChI is InChI=1S/C23H24N4O3.HI/c1-4-12-29-21-13-17(10-11-20(21)28-3)14-25-23(24-2)26-15-19-16-30-22(27-19)18-8-6-5-7-9-18;/h1,5-11,13,16H,12,14-15H2,2-3H3,(H2,24,25,26);1H. The summed E-state index contributed by atoms with van der Waals surface area (Å²) in [6.45, 7) is 1.21. The van der Waals surface area contributed by atoms with E-state index in [4.69, 9.17) is 20.3 Å². The Kier molecular flexibility index (Phi) is 9.71. The molecule has 0 amide bonds. The number of hydrogen-bond donors (Lipinski definition) is 2. The molecule has 2 N–H and O–H groups in total. The Bertz CT molecular complexity index is 1030. The molecule has 0 aliphatic heterocycles. The molecule has 0 aliphatic rings. The molecular formula is C23H25IN4O3. The number of halogens is 1. The minimum atomic E-state index is 0. The van der Waals surface area contributed by atoms with E-state index in [9.17, 15) is 0 Å². The highest BCUT2D eigenvalue weighted by Crippen LogP contribution is 2.28. The highest BCUT2D eigenvalue weighted by atomic mass is 127. The number of nitrogens with one attached hydrogen (secondary N) is 2. The van der Waals surface area contributed by atoms with Crippen molar-refractivity contribution in [2.24, 2.45) is 4.99 Å². The second-order valence-corrected chi connectivity index (χ2v) is 6.27. The Morgan fingerprint density at radius 3 is 2.61 bits per heavy atom. The van der Waals surface area contributed by atoms with E-state index in [-0.39, 0.29) is 30.6 Å². The number of benzene rings is 2. The van der Waals surface area contributed by atoms with E-state index in [1.807, 2.05) is 48.5 Å². The quantitative estimate of drug-likeness (QED) is 0.199. The second-order valence-electron chi connectivity index (χ2n) is 6.27. The van der Waals surface area contributed by atoms with Crippen LogP contribution in [-0.2, 0) is 13.1 Å². The molecule has 0 saturated carbocycles. The van der Waals surface area contributed by atoms with Gasteiger partial charge in [-0.2, -0.15) is 0 Å². The Labute approximate surface area is 199 Å². The Hall–Kier alpha value is -3.19. The average Bonchev–Trinajstić information content (AvgIpc) is 3.27. The van der Waals surface area contributed by atoms with Crippen LogP contribution >= 0.6 is 24.0 Å². The van der Waals surface area contributed by atoms with Crippen LogP contribution in [0.2, 0.25) is 0 Å². The van der Waals surface area contributed by atoms with Crippen LogP contribution in [0.3, 0.4) is 0 Å². The number of ether oxygens (including phenoxy) is 2. The molecule has 0 atom stereocenters. The lowest BCUT2D eigenvalue weighted by Crippen LogP contribution is -2.36. The molecule has 0 spiro atoms. The topological polar surface area (TPSA) is 80.9 Å². The van der Waals surface area contributed by atoms with Gasteiger partial charge in [-0.1, -0.05) is 30.2 Å². The SMILES string of the molecule is C#CCOc1cc(CNC(=NC)NCc2coc(-c3ccccc3)n2)ccc1OC.I. The van der Waals surface area contributed by atoms with Gasteiger partial charge in [0.1, 0.15) is 12.9 Å². The molecule has 3 rings (SSSR count). The first-order chi connectivity index (χ1) is 14.7. The summed E-state index contributed by atoms with van der Waals surface area (Å²) >= 11 is 0. The predicted molar refractivity (Wildman–Crippen MR) is 132 cm³/mol. The normalized spacial score (nSPS) is 10.5. The van der Waals surface area contributed by atoms with E-state index < -0.39 is 0 Å². The lowest BCUT2D eigenvalue weighted by atomic mass is 10.2. The summed E-state index contributed by atoms with van der Waals surface area (Å²) in [5.74, 6) is 4.93. The van der Waals surface area contributed by atoms with Crippen molar-refractivity contribution in [2.75, 3.05) is 20.8 Å². The maximum atomic E-state index is 5.56. The van der Waals surface area contributed by atoms with Crippen LogP contribution in [-0.4, -0.2) is 31.7 Å². The van der Waals surface area contributed by atoms with Gasteiger partial charge in [-0.25, -0.2) is 4.98 Å². The van der Waals surface area contributed by atoms with Crippen LogP contribution in [0.25, 0.3) is 11.5 Å². The molecule has 0 bridgehead atoms. The van der Waals surface area contributed by atoms with Crippen molar-refractivity contribution >= 4 is 29.9 Å². The number of terminal acetylenes is 1. The molecule has 7 nitrogen and oxygen atoms in total. The van der Waals surface area contributed by atoms with Gasteiger partial charge in [0.25, 0.3) is 0 Å². The lowest BCUT2D eigenvalue weighted by molar-refractivity contribution is 0.330. The van der Waals surface area contributed by atoms with Crippen molar-refractivity contribution in [3.8, 4) is 35.3 Å². The van der Waals surface area contributed by atoms with Gasteiger partial charge in [-0.15, -0.1) is 30.4 Å². The lowest BCUT2D eigenvalue weighted by Gasteiger charge is -2.13. The third-order valence-corrected chi connectivity index (χ3v) is 4.23. The summed E-state index contributed by atoms with van der Waals surface area (Å²) < 4.78 is 16.4. The first-order valence-electron chi connectivity index (χ1n) is 9.41. The van der Waals surface area contributed by atoms with E-state index in [0.29, 0.717) is 36.4 Å². The van der Waals surface area contributed by atoms with Gasteiger partial charge in [-0.05, 0) is 29.8 Å². The van der Waals surface area contributed by atoms with E-state index in [1.165, 1.54) is 0 Å². The minimum absolute atomic E-state index is 0. The van der Waals surface area contributed by atoms with Gasteiger partial charge < -0.3 is 24.5 Å². The number of hydrogen-bond acceptors (Lipinski definition) is 5. The van der Waals surface area contributed by atoms with E-state index in [1.54, 1.807) is 20.4 Å². The predicted octanol–water partition coefficient (Wildman–Crippen LogP) is 3.85. The summed E-state index contributed by atoms with van der Waals surface area (Å²) in [4.78, 5) is 8.75. The highest BCUT2D eigenvalue weighted by molar-refractivity contribution is 14.0. The Balaban J connectivity index is 0.00000341. The van der Waals surface area contributed by atoms with E-state index in [2.05, 4.69) is 26.5 Å². The maximum Gasteiger partial charge on any atom is 0.226 e. The third kappa shape index (κ3) is 6.93. The Morgan fingerprint density at radius 2 is 1.90 bits per heavy atom. The summed E-state index contributed by atoms with van der Waals surface area (Å²) in [6.07, 6.45) is 6.91. The number of aromatic nitrogens is 1. The van der Waals surface area contributed by atoms with Crippen LogP contribution < -0.4 is 20.1 Å². The zero-order chi connectivity index (χ0) is 21.2. The van der Waals surface area contributed by atoms with Crippen LogP contribution in [0.1, 0.15) is 11.3 Å². The van der Waals surface area contributed by atoms with Crippen LogP contribution in [0, 0.1) is 12.3 Å². The molecule has 2 aromatic carbocycles. The van der Waals surface area contributed by atoms with Gasteiger partial charge in [-0.3, -0.25) is 4.99 Å². The molecule has 3 aromatic rings. The smallest absolute Gasteiger partial charge is 0.226 e. The Morgan fingerprint density at radius 1 is 1.13 bits per heavy atom. The molecule has 0 radical (unpaired) electrons. The maximum absolute atomic E-state index is 5.56. The summed E-state index contributed by atoms with van der Waals surface area (Å²) in [6, 6.07) is 15.5. The largest absolute Gasteiger partial charge is 0.493 e. The monoisotopic (exact) mass is 532 g/mol. The van der Waals surface area contributed by atoms with Gasteiger partial charge in [0.05, 0.1) is 19.3 Å². The van der Waals surface area contributed by atoms with E-state index >= 15 is 0 Å². The van der Waals surface area contributed by atoms with Crippen molar-refractivity contribution in [3.63, 3.8) is 0 Å². The molecule has 162 valence electrons. The van der Waals surface area contributed by atoms with Crippen molar-refractivity contribution in [1.29, 1.82) is 0 Å². The zero-order valence-electron chi connectivity index (χ0n) is 17.4. The van der Waals surface area contributed by atoms with E-state index in [0.717, 1.165) is 16.8 Å². The van der Waals surface area contributed by atoms with Crippen molar-refractivity contribution in [2.45, 2.75) is 13.1 Å². The fraction of sp³-hybridized carbons (Fsp3) is 0.217.